The molecule has 6 heteroatoms. The van der Waals surface area contributed by atoms with Gasteiger partial charge < -0.3 is 20.1 Å². The molecule has 4 N–H and O–H groups in total. The van der Waals surface area contributed by atoms with Crippen LogP contribution in [0.3, 0.4) is 0 Å². The molecular formula is C24H20FN3O2. The van der Waals surface area contributed by atoms with Crippen LogP contribution in [0.15, 0.2) is 54.9 Å². The third-order valence-electron chi connectivity index (χ3n) is 5.57. The summed E-state index contributed by atoms with van der Waals surface area (Å²) in [6.07, 6.45) is 3.61. The average Bonchev–Trinajstić information content (AvgIpc) is 3.43. The average molecular weight is 401 g/mol. The fourth-order valence-electron chi connectivity index (χ4n) is 4.31. The number of aromatic carboxylic acids is 1. The van der Waals surface area contributed by atoms with Crippen molar-refractivity contribution in [3.63, 3.8) is 0 Å². The van der Waals surface area contributed by atoms with Gasteiger partial charge in [0, 0.05) is 39.9 Å². The van der Waals surface area contributed by atoms with E-state index in [4.69, 9.17) is 0 Å². The highest BCUT2D eigenvalue weighted by Gasteiger charge is 2.27. The van der Waals surface area contributed by atoms with Crippen molar-refractivity contribution in [2.24, 2.45) is 0 Å². The number of fused-ring (bicyclic) bond motifs is 2. The summed E-state index contributed by atoms with van der Waals surface area (Å²) in [5, 5.41) is 11.8. The first-order valence-corrected chi connectivity index (χ1v) is 9.77. The lowest BCUT2D eigenvalue weighted by atomic mass is 9.90. The van der Waals surface area contributed by atoms with Crippen LogP contribution < -0.4 is 0 Å². The molecule has 30 heavy (non-hydrogen) atoms. The maximum Gasteiger partial charge on any atom is 0.352 e. The molecule has 0 aliphatic heterocycles. The summed E-state index contributed by atoms with van der Waals surface area (Å²) in [5.41, 5.74) is 5.35. The number of aromatic amines is 3. The first-order chi connectivity index (χ1) is 14.4. The van der Waals surface area contributed by atoms with E-state index in [1.165, 1.54) is 12.1 Å². The van der Waals surface area contributed by atoms with Crippen LogP contribution in [0.1, 0.15) is 35.8 Å². The van der Waals surface area contributed by atoms with Gasteiger partial charge in [0.25, 0.3) is 0 Å². The lowest BCUT2D eigenvalue weighted by Crippen LogP contribution is -2.00. The van der Waals surface area contributed by atoms with Gasteiger partial charge in [-0.15, -0.1) is 0 Å². The normalized spacial score (nSPS) is 11.7. The van der Waals surface area contributed by atoms with E-state index >= 15 is 0 Å². The van der Waals surface area contributed by atoms with Gasteiger partial charge in [0.15, 0.2) is 0 Å². The van der Waals surface area contributed by atoms with Crippen molar-refractivity contribution in [1.29, 1.82) is 0 Å². The second kappa shape index (κ2) is 6.62. The molecule has 5 aromatic rings. The van der Waals surface area contributed by atoms with Gasteiger partial charge in [-0.25, -0.2) is 9.18 Å². The van der Waals surface area contributed by atoms with E-state index in [-0.39, 0.29) is 17.4 Å². The molecule has 5 rings (SSSR count). The maximum absolute atomic E-state index is 14.4. The zero-order chi connectivity index (χ0) is 21.0. The van der Waals surface area contributed by atoms with Crippen LogP contribution in [-0.2, 0) is 0 Å². The highest BCUT2D eigenvalue weighted by Crippen LogP contribution is 2.42. The first kappa shape index (κ1) is 18.2. The Morgan fingerprint density at radius 2 is 1.77 bits per heavy atom. The summed E-state index contributed by atoms with van der Waals surface area (Å²) in [7, 11) is 0. The highest BCUT2D eigenvalue weighted by atomic mass is 19.1. The van der Waals surface area contributed by atoms with E-state index in [1.54, 1.807) is 6.20 Å². The molecule has 0 aliphatic rings. The maximum atomic E-state index is 14.4. The molecule has 0 saturated carbocycles. The van der Waals surface area contributed by atoms with Crippen molar-refractivity contribution in [3.05, 3.63) is 71.9 Å². The highest BCUT2D eigenvalue weighted by molar-refractivity contribution is 6.03. The van der Waals surface area contributed by atoms with Crippen molar-refractivity contribution in [2.45, 2.75) is 19.8 Å². The standard InChI is InChI=1S/C24H20FN3O2/c1-12(2)20-21(14-3-4-18-13(9-14)5-7-26-18)23(24(29)30)28-22(20)17-10-15(25)11-19-16(17)6-8-27-19/h3-12,26-28H,1-2H3,(H,29,30). The number of halogens is 1. The fourth-order valence-corrected chi connectivity index (χ4v) is 4.31. The molecule has 3 heterocycles. The van der Waals surface area contributed by atoms with Crippen molar-refractivity contribution < 1.29 is 14.3 Å². The monoisotopic (exact) mass is 401 g/mol. The molecule has 0 aliphatic carbocycles. The third-order valence-corrected chi connectivity index (χ3v) is 5.57. The van der Waals surface area contributed by atoms with Crippen LogP contribution in [-0.4, -0.2) is 26.0 Å². The Bertz CT molecular complexity index is 1420. The lowest BCUT2D eigenvalue weighted by molar-refractivity contribution is 0.0692. The van der Waals surface area contributed by atoms with Gasteiger partial charge >= 0.3 is 5.97 Å². The Morgan fingerprint density at radius 1 is 1.00 bits per heavy atom. The topological polar surface area (TPSA) is 84.7 Å². The molecule has 0 amide bonds. The van der Waals surface area contributed by atoms with Gasteiger partial charge in [0.1, 0.15) is 11.5 Å². The number of benzene rings is 2. The Balaban J connectivity index is 1.86. The van der Waals surface area contributed by atoms with Crippen LogP contribution >= 0.6 is 0 Å². The van der Waals surface area contributed by atoms with E-state index in [0.717, 1.165) is 27.4 Å². The number of hydrogen-bond acceptors (Lipinski definition) is 1. The second-order valence-corrected chi connectivity index (χ2v) is 7.80. The van der Waals surface area contributed by atoms with E-state index in [2.05, 4.69) is 15.0 Å². The number of rotatable bonds is 4. The van der Waals surface area contributed by atoms with E-state index in [1.807, 2.05) is 50.4 Å². The minimum Gasteiger partial charge on any atom is -0.477 e. The summed E-state index contributed by atoms with van der Waals surface area (Å²) in [5.74, 6) is -1.41. The molecular weight excluding hydrogens is 381 g/mol. The van der Waals surface area contributed by atoms with Gasteiger partial charge in [0.2, 0.25) is 0 Å². The molecule has 5 nitrogen and oxygen atoms in total. The number of carbonyl (C=O) groups is 1. The predicted octanol–water partition coefficient (Wildman–Crippen LogP) is 6.27. The molecule has 0 saturated heterocycles. The summed E-state index contributed by atoms with van der Waals surface area (Å²) in [6.45, 7) is 4.04. The van der Waals surface area contributed by atoms with Gasteiger partial charge in [-0.2, -0.15) is 0 Å². The largest absolute Gasteiger partial charge is 0.477 e. The Hall–Kier alpha value is -3.80. The number of aromatic nitrogens is 3. The first-order valence-electron chi connectivity index (χ1n) is 9.77. The molecule has 0 atom stereocenters. The van der Waals surface area contributed by atoms with Crippen molar-refractivity contribution >= 4 is 27.8 Å². The van der Waals surface area contributed by atoms with Crippen LogP contribution in [0.2, 0.25) is 0 Å². The van der Waals surface area contributed by atoms with Gasteiger partial charge in [-0.3, -0.25) is 0 Å². The van der Waals surface area contributed by atoms with Gasteiger partial charge in [0.05, 0.1) is 5.69 Å². The summed E-state index contributed by atoms with van der Waals surface area (Å²) in [4.78, 5) is 21.5. The molecule has 3 aromatic heterocycles. The molecule has 0 bridgehead atoms. The van der Waals surface area contributed by atoms with Gasteiger partial charge in [-0.05, 0) is 58.8 Å². The van der Waals surface area contributed by atoms with Crippen molar-refractivity contribution in [1.82, 2.24) is 15.0 Å². The molecule has 0 spiro atoms. The Kier molecular flexibility index (Phi) is 4.03. The number of H-pyrrole nitrogens is 3. The SMILES string of the molecule is CC(C)c1c(-c2cc(F)cc3[nH]ccc23)[nH]c(C(=O)O)c1-c1ccc2[nH]ccc2c1. The zero-order valence-electron chi connectivity index (χ0n) is 16.5. The minimum atomic E-state index is -1.05. The number of hydrogen-bond donors (Lipinski definition) is 4. The van der Waals surface area contributed by atoms with Crippen LogP contribution in [0.4, 0.5) is 4.39 Å². The Morgan fingerprint density at radius 3 is 2.53 bits per heavy atom. The minimum absolute atomic E-state index is 0.0125. The molecule has 0 fully saturated rings. The molecule has 2 aromatic carbocycles. The van der Waals surface area contributed by atoms with Crippen LogP contribution in [0, 0.1) is 5.82 Å². The predicted molar refractivity (Wildman–Crippen MR) is 116 cm³/mol. The smallest absolute Gasteiger partial charge is 0.352 e. The van der Waals surface area contributed by atoms with Crippen molar-refractivity contribution in [3.8, 4) is 22.4 Å². The molecule has 0 radical (unpaired) electrons. The van der Waals surface area contributed by atoms with Gasteiger partial charge in [-0.1, -0.05) is 19.9 Å². The third kappa shape index (κ3) is 2.72. The number of nitrogens with one attached hydrogen (secondary N) is 3. The second-order valence-electron chi connectivity index (χ2n) is 7.80. The summed E-state index contributed by atoms with van der Waals surface area (Å²) >= 11 is 0. The van der Waals surface area contributed by atoms with Crippen LogP contribution in [0.25, 0.3) is 44.2 Å². The molecule has 150 valence electrons. The lowest BCUT2D eigenvalue weighted by Gasteiger charge is -2.13. The fraction of sp³-hybridized carbons (Fsp3) is 0.125. The molecule has 0 unspecified atom stereocenters. The quantitative estimate of drug-likeness (QED) is 0.286. The van der Waals surface area contributed by atoms with E-state index in [0.29, 0.717) is 22.3 Å². The number of carboxylic acids is 1. The summed E-state index contributed by atoms with van der Waals surface area (Å²) in [6, 6.07) is 12.6. The Labute approximate surface area is 171 Å². The zero-order valence-corrected chi connectivity index (χ0v) is 16.5. The van der Waals surface area contributed by atoms with Crippen molar-refractivity contribution in [2.75, 3.05) is 0 Å². The van der Waals surface area contributed by atoms with Crippen LogP contribution in [0.5, 0.6) is 0 Å². The van der Waals surface area contributed by atoms with E-state index in [9.17, 15) is 14.3 Å². The van der Waals surface area contributed by atoms with E-state index < -0.39 is 5.97 Å². The summed E-state index contributed by atoms with van der Waals surface area (Å²) < 4.78 is 14.4. The number of carboxylic acid groups (broad SMARTS) is 1.